The third-order valence-corrected chi connectivity index (χ3v) is 4.02. The smallest absolute Gasteiger partial charge is 0.189 e. The minimum atomic E-state index is 0.287. The minimum absolute atomic E-state index is 0.287. The molecular weight excluding hydrogens is 304 g/mol. The minimum Gasteiger partial charge on any atom is -0.467 e. The van der Waals surface area contributed by atoms with Gasteiger partial charge in [-0.3, -0.25) is 4.90 Å². The number of ether oxygens (including phenoxy) is 2. The van der Waals surface area contributed by atoms with Crippen molar-refractivity contribution in [3.8, 4) is 5.75 Å². The topological polar surface area (TPSA) is 47.7 Å². The molecule has 6 heteroatoms. The van der Waals surface area contributed by atoms with Crippen LogP contribution in [0.1, 0.15) is 28.1 Å². The van der Waals surface area contributed by atoms with Crippen LogP contribution in [-0.2, 0) is 24.4 Å². The van der Waals surface area contributed by atoms with E-state index in [2.05, 4.69) is 17.1 Å². The van der Waals surface area contributed by atoms with Crippen LogP contribution in [0.15, 0.2) is 16.7 Å². The summed E-state index contributed by atoms with van der Waals surface area (Å²) in [6.07, 6.45) is 0. The summed E-state index contributed by atoms with van der Waals surface area (Å²) in [7, 11) is 2.05. The van der Waals surface area contributed by atoms with Crippen LogP contribution >= 0.6 is 11.6 Å². The lowest BCUT2D eigenvalue weighted by Gasteiger charge is -2.24. The highest BCUT2D eigenvalue weighted by atomic mass is 35.5. The van der Waals surface area contributed by atoms with E-state index in [1.54, 1.807) is 0 Å². The molecule has 0 unspecified atom stereocenters. The summed E-state index contributed by atoms with van der Waals surface area (Å²) in [5.74, 6) is 1.75. The Morgan fingerprint density at radius 2 is 2.09 bits per heavy atom. The third-order valence-electron chi connectivity index (χ3n) is 3.80. The van der Waals surface area contributed by atoms with E-state index in [0.717, 1.165) is 47.0 Å². The van der Waals surface area contributed by atoms with Crippen molar-refractivity contribution < 1.29 is 14.0 Å². The molecule has 0 radical (unpaired) electrons. The van der Waals surface area contributed by atoms with E-state index in [1.807, 2.05) is 26.0 Å². The van der Waals surface area contributed by atoms with Crippen molar-refractivity contribution in [2.75, 3.05) is 13.8 Å². The maximum Gasteiger partial charge on any atom is 0.189 e. The molecule has 5 nitrogen and oxygen atoms in total. The Bertz CT molecular complexity index is 665. The second-order valence-electron chi connectivity index (χ2n) is 5.64. The SMILES string of the molecule is Cc1noc(C)c1CN(C)Cc1cc(Cl)cc2c1OCOC2. The summed E-state index contributed by atoms with van der Waals surface area (Å²) in [4.78, 5) is 2.19. The number of hydrogen-bond acceptors (Lipinski definition) is 5. The number of hydrogen-bond donors (Lipinski definition) is 0. The highest BCUT2D eigenvalue weighted by molar-refractivity contribution is 6.30. The zero-order valence-electron chi connectivity index (χ0n) is 13.0. The summed E-state index contributed by atoms with van der Waals surface area (Å²) in [6, 6.07) is 3.85. The lowest BCUT2D eigenvalue weighted by atomic mass is 10.1. The Labute approximate surface area is 134 Å². The first-order valence-corrected chi connectivity index (χ1v) is 7.54. The molecule has 0 N–H and O–H groups in total. The molecule has 0 atom stereocenters. The molecule has 0 fully saturated rings. The average molecular weight is 323 g/mol. The van der Waals surface area contributed by atoms with Gasteiger partial charge in [-0.25, -0.2) is 0 Å². The summed E-state index contributed by atoms with van der Waals surface area (Å²) in [6.45, 7) is 6.21. The van der Waals surface area contributed by atoms with E-state index in [0.29, 0.717) is 11.6 Å². The number of aryl methyl sites for hydroxylation is 2. The fraction of sp³-hybridized carbons (Fsp3) is 0.438. The molecule has 22 heavy (non-hydrogen) atoms. The van der Waals surface area contributed by atoms with Crippen molar-refractivity contribution in [1.82, 2.24) is 10.1 Å². The first-order chi connectivity index (χ1) is 10.5. The molecule has 1 aromatic heterocycles. The van der Waals surface area contributed by atoms with Crippen molar-refractivity contribution in [1.29, 1.82) is 0 Å². The third kappa shape index (κ3) is 3.11. The first kappa shape index (κ1) is 15.3. The van der Waals surface area contributed by atoms with Crippen molar-refractivity contribution in [3.63, 3.8) is 0 Å². The number of halogens is 1. The van der Waals surface area contributed by atoms with Gasteiger partial charge in [0.25, 0.3) is 0 Å². The second kappa shape index (κ2) is 6.28. The van der Waals surface area contributed by atoms with Gasteiger partial charge in [-0.15, -0.1) is 0 Å². The molecular formula is C16H19ClN2O3. The molecule has 2 aromatic rings. The fourth-order valence-electron chi connectivity index (χ4n) is 2.72. The summed E-state index contributed by atoms with van der Waals surface area (Å²) < 4.78 is 16.2. The van der Waals surface area contributed by atoms with Gasteiger partial charge < -0.3 is 14.0 Å². The molecule has 0 saturated heterocycles. The monoisotopic (exact) mass is 322 g/mol. The van der Waals surface area contributed by atoms with Gasteiger partial charge in [0, 0.05) is 34.8 Å². The predicted molar refractivity (Wildman–Crippen MR) is 82.9 cm³/mol. The van der Waals surface area contributed by atoms with E-state index in [9.17, 15) is 0 Å². The second-order valence-corrected chi connectivity index (χ2v) is 6.08. The normalized spacial score (nSPS) is 14.0. The standard InChI is InChI=1S/C16H19ClN2O3/c1-10-15(11(2)22-18-10)7-19(3)6-12-4-14(17)5-13-8-20-9-21-16(12)13/h4-5H,6-9H2,1-3H3. The maximum absolute atomic E-state index is 6.20. The van der Waals surface area contributed by atoms with Crippen LogP contribution in [0.25, 0.3) is 0 Å². The summed E-state index contributed by atoms with van der Waals surface area (Å²) in [5, 5.41) is 4.70. The Morgan fingerprint density at radius 1 is 1.27 bits per heavy atom. The van der Waals surface area contributed by atoms with Gasteiger partial charge in [0.1, 0.15) is 11.5 Å². The van der Waals surface area contributed by atoms with Crippen LogP contribution in [0.5, 0.6) is 5.75 Å². The van der Waals surface area contributed by atoms with E-state index in [4.69, 9.17) is 25.6 Å². The van der Waals surface area contributed by atoms with Gasteiger partial charge in [-0.2, -0.15) is 0 Å². The van der Waals surface area contributed by atoms with Crippen LogP contribution in [0.4, 0.5) is 0 Å². The van der Waals surface area contributed by atoms with Gasteiger partial charge in [0.2, 0.25) is 0 Å². The van der Waals surface area contributed by atoms with E-state index in [1.165, 1.54) is 0 Å². The molecule has 0 spiro atoms. The van der Waals surface area contributed by atoms with Gasteiger partial charge in [0.05, 0.1) is 12.3 Å². The number of benzene rings is 1. The Kier molecular flexibility index (Phi) is 4.38. The quantitative estimate of drug-likeness (QED) is 0.863. The van der Waals surface area contributed by atoms with Crippen molar-refractivity contribution in [3.05, 3.63) is 45.3 Å². The number of nitrogens with zero attached hydrogens (tertiary/aromatic N) is 2. The van der Waals surface area contributed by atoms with E-state index >= 15 is 0 Å². The van der Waals surface area contributed by atoms with Gasteiger partial charge in [-0.1, -0.05) is 16.8 Å². The Balaban J connectivity index is 1.79. The van der Waals surface area contributed by atoms with Crippen LogP contribution in [0, 0.1) is 13.8 Å². The zero-order valence-corrected chi connectivity index (χ0v) is 13.7. The Morgan fingerprint density at radius 3 is 2.82 bits per heavy atom. The van der Waals surface area contributed by atoms with Crippen molar-refractivity contribution in [2.24, 2.45) is 0 Å². The molecule has 0 bridgehead atoms. The van der Waals surface area contributed by atoms with Gasteiger partial charge in [-0.05, 0) is 33.0 Å². The molecule has 0 aliphatic carbocycles. The zero-order chi connectivity index (χ0) is 15.7. The molecule has 1 aromatic carbocycles. The molecule has 3 rings (SSSR count). The summed E-state index contributed by atoms with van der Waals surface area (Å²) >= 11 is 6.20. The van der Waals surface area contributed by atoms with Crippen LogP contribution < -0.4 is 4.74 Å². The molecule has 0 saturated carbocycles. The molecule has 1 aliphatic rings. The highest BCUT2D eigenvalue weighted by Crippen LogP contribution is 2.32. The van der Waals surface area contributed by atoms with Crippen molar-refractivity contribution in [2.45, 2.75) is 33.5 Å². The lowest BCUT2D eigenvalue weighted by molar-refractivity contribution is -0.0174. The largest absolute Gasteiger partial charge is 0.467 e. The number of aromatic nitrogens is 1. The fourth-order valence-corrected chi connectivity index (χ4v) is 2.98. The van der Waals surface area contributed by atoms with E-state index < -0.39 is 0 Å². The van der Waals surface area contributed by atoms with Gasteiger partial charge in [0.15, 0.2) is 6.79 Å². The molecule has 118 valence electrons. The number of rotatable bonds is 4. The lowest BCUT2D eigenvalue weighted by Crippen LogP contribution is -2.20. The predicted octanol–water partition coefficient (Wildman–Crippen LogP) is 3.44. The first-order valence-electron chi connectivity index (χ1n) is 7.16. The van der Waals surface area contributed by atoms with Crippen molar-refractivity contribution >= 4 is 11.6 Å². The van der Waals surface area contributed by atoms with Crippen LogP contribution in [0.3, 0.4) is 0 Å². The maximum atomic E-state index is 6.20. The van der Waals surface area contributed by atoms with Gasteiger partial charge >= 0.3 is 0 Å². The summed E-state index contributed by atoms with van der Waals surface area (Å²) in [5.41, 5.74) is 4.13. The van der Waals surface area contributed by atoms with E-state index in [-0.39, 0.29) is 6.79 Å². The molecule has 1 aliphatic heterocycles. The molecule has 2 heterocycles. The number of fused-ring (bicyclic) bond motifs is 1. The van der Waals surface area contributed by atoms with Crippen LogP contribution in [-0.4, -0.2) is 23.9 Å². The molecule has 0 amide bonds. The van der Waals surface area contributed by atoms with Crippen LogP contribution in [0.2, 0.25) is 5.02 Å². The Hall–Kier alpha value is -1.56. The average Bonchev–Trinajstić information content (AvgIpc) is 2.79. The highest BCUT2D eigenvalue weighted by Gasteiger charge is 2.18.